The zero-order valence-corrected chi connectivity index (χ0v) is 11.4. The van der Waals surface area contributed by atoms with E-state index in [4.69, 9.17) is 0 Å². The number of hydrogen-bond acceptors (Lipinski definition) is 1. The van der Waals surface area contributed by atoms with E-state index in [-0.39, 0.29) is 0 Å². The van der Waals surface area contributed by atoms with E-state index in [1.54, 1.807) is 0 Å². The molecule has 0 bridgehead atoms. The Morgan fingerprint density at radius 3 is 2.16 bits per heavy atom. The molecule has 2 aromatic carbocycles. The molecule has 1 N–H and O–H groups in total. The lowest BCUT2D eigenvalue weighted by atomic mass is 9.99. The second kappa shape index (κ2) is 5.58. The first kappa shape index (κ1) is 12.4. The van der Waals surface area contributed by atoms with Crippen LogP contribution in [0, 0.1) is 5.92 Å². The van der Waals surface area contributed by atoms with Crippen LogP contribution in [0.25, 0.3) is 0 Å². The van der Waals surface area contributed by atoms with Crippen LogP contribution in [-0.4, -0.2) is 6.04 Å². The summed E-state index contributed by atoms with van der Waals surface area (Å²) in [6.07, 6.45) is 2.38. The minimum absolute atomic E-state index is 0.429. The van der Waals surface area contributed by atoms with E-state index < -0.39 is 0 Å². The smallest absolute Gasteiger partial charge is 0.0363 e. The third kappa shape index (κ3) is 3.24. The summed E-state index contributed by atoms with van der Waals surface area (Å²) in [6.45, 7) is 2.32. The van der Waals surface area contributed by atoms with Gasteiger partial charge in [0.2, 0.25) is 0 Å². The molecule has 19 heavy (non-hydrogen) atoms. The molecule has 1 heteroatoms. The highest BCUT2D eigenvalue weighted by Crippen LogP contribution is 2.32. The highest BCUT2D eigenvalue weighted by atomic mass is 15.0. The molecule has 1 fully saturated rings. The average Bonchev–Trinajstić information content (AvgIpc) is 3.16. The van der Waals surface area contributed by atoms with Gasteiger partial charge in [0.25, 0.3) is 0 Å². The number of hydrogen-bond donors (Lipinski definition) is 1. The van der Waals surface area contributed by atoms with Crippen molar-refractivity contribution in [2.24, 2.45) is 5.92 Å². The van der Waals surface area contributed by atoms with Crippen LogP contribution in [-0.2, 0) is 6.42 Å². The minimum atomic E-state index is 0.429. The van der Waals surface area contributed by atoms with Crippen LogP contribution < -0.4 is 5.32 Å². The maximum atomic E-state index is 3.81. The van der Waals surface area contributed by atoms with Crippen molar-refractivity contribution in [2.45, 2.75) is 31.8 Å². The maximum absolute atomic E-state index is 3.81. The zero-order valence-electron chi connectivity index (χ0n) is 11.4. The predicted octanol–water partition coefficient (Wildman–Crippen LogP) is 3.97. The Labute approximate surface area is 115 Å². The number of nitrogens with one attached hydrogen (secondary N) is 1. The van der Waals surface area contributed by atoms with E-state index in [2.05, 4.69) is 72.9 Å². The van der Waals surface area contributed by atoms with Gasteiger partial charge in [0.05, 0.1) is 0 Å². The largest absolute Gasteiger partial charge is 0.307 e. The van der Waals surface area contributed by atoms with E-state index in [1.165, 1.54) is 17.5 Å². The Morgan fingerprint density at radius 1 is 1.00 bits per heavy atom. The summed E-state index contributed by atoms with van der Waals surface area (Å²) in [7, 11) is 0. The summed E-state index contributed by atoms with van der Waals surface area (Å²) >= 11 is 0. The van der Waals surface area contributed by atoms with Crippen LogP contribution >= 0.6 is 0 Å². The summed E-state index contributed by atoms with van der Waals surface area (Å²) < 4.78 is 0. The van der Waals surface area contributed by atoms with Gasteiger partial charge < -0.3 is 5.32 Å². The molecule has 98 valence electrons. The Hall–Kier alpha value is -1.60. The molecule has 0 spiro atoms. The first-order chi connectivity index (χ1) is 9.33. The lowest BCUT2D eigenvalue weighted by Gasteiger charge is -2.19. The van der Waals surface area contributed by atoms with Gasteiger partial charge in [0, 0.05) is 12.1 Å². The molecule has 3 atom stereocenters. The van der Waals surface area contributed by atoms with Gasteiger partial charge in [-0.3, -0.25) is 0 Å². The zero-order chi connectivity index (χ0) is 13.1. The highest BCUT2D eigenvalue weighted by Gasteiger charge is 2.34. The van der Waals surface area contributed by atoms with Crippen molar-refractivity contribution in [1.29, 1.82) is 0 Å². The van der Waals surface area contributed by atoms with E-state index in [1.807, 2.05) is 0 Å². The standard InChI is InChI=1S/C18H21N/c1-14-12-17(14)19-18(16-10-6-3-7-11-16)13-15-8-4-2-5-9-15/h2-11,14,17-19H,12-13H2,1H3. The van der Waals surface area contributed by atoms with Crippen molar-refractivity contribution >= 4 is 0 Å². The lowest BCUT2D eigenvalue weighted by molar-refractivity contribution is 0.513. The molecule has 0 heterocycles. The molecule has 1 nitrogen and oxygen atoms in total. The molecule has 1 aliphatic carbocycles. The normalized spacial score (nSPS) is 23.0. The van der Waals surface area contributed by atoms with Gasteiger partial charge >= 0.3 is 0 Å². The van der Waals surface area contributed by atoms with Gasteiger partial charge in [-0.05, 0) is 29.9 Å². The molecule has 0 aliphatic heterocycles. The fourth-order valence-corrected chi connectivity index (χ4v) is 2.62. The van der Waals surface area contributed by atoms with Gasteiger partial charge in [-0.15, -0.1) is 0 Å². The molecule has 0 radical (unpaired) electrons. The first-order valence-electron chi connectivity index (χ1n) is 7.18. The summed E-state index contributed by atoms with van der Waals surface area (Å²) in [6, 6.07) is 22.7. The monoisotopic (exact) mass is 251 g/mol. The van der Waals surface area contributed by atoms with Gasteiger partial charge in [0.1, 0.15) is 0 Å². The summed E-state index contributed by atoms with van der Waals surface area (Å²) in [5.74, 6) is 0.835. The maximum Gasteiger partial charge on any atom is 0.0363 e. The van der Waals surface area contributed by atoms with E-state index in [0.717, 1.165) is 12.3 Å². The second-order valence-corrected chi connectivity index (χ2v) is 5.64. The molecule has 0 aromatic heterocycles. The third-order valence-electron chi connectivity index (χ3n) is 4.01. The van der Waals surface area contributed by atoms with Crippen LogP contribution in [0.3, 0.4) is 0 Å². The molecular weight excluding hydrogens is 230 g/mol. The van der Waals surface area contributed by atoms with Crippen molar-refractivity contribution in [3.8, 4) is 0 Å². The van der Waals surface area contributed by atoms with Crippen LogP contribution in [0.4, 0.5) is 0 Å². The Morgan fingerprint density at radius 2 is 1.58 bits per heavy atom. The average molecular weight is 251 g/mol. The van der Waals surface area contributed by atoms with Gasteiger partial charge in [0.15, 0.2) is 0 Å². The van der Waals surface area contributed by atoms with Crippen LogP contribution in [0.2, 0.25) is 0 Å². The molecule has 3 unspecified atom stereocenters. The molecule has 1 saturated carbocycles. The Balaban J connectivity index is 1.76. The van der Waals surface area contributed by atoms with Gasteiger partial charge in [-0.25, -0.2) is 0 Å². The minimum Gasteiger partial charge on any atom is -0.307 e. The van der Waals surface area contributed by atoms with Crippen molar-refractivity contribution in [2.75, 3.05) is 0 Å². The van der Waals surface area contributed by atoms with Crippen LogP contribution in [0.15, 0.2) is 60.7 Å². The Bertz CT molecular complexity index is 506. The summed E-state index contributed by atoms with van der Waals surface area (Å²) in [4.78, 5) is 0. The molecule has 1 aliphatic rings. The second-order valence-electron chi connectivity index (χ2n) is 5.64. The third-order valence-corrected chi connectivity index (χ3v) is 4.01. The quantitative estimate of drug-likeness (QED) is 0.848. The number of rotatable bonds is 5. The van der Waals surface area contributed by atoms with Crippen LogP contribution in [0.5, 0.6) is 0 Å². The topological polar surface area (TPSA) is 12.0 Å². The SMILES string of the molecule is CC1CC1NC(Cc1ccccc1)c1ccccc1. The van der Waals surface area contributed by atoms with E-state index in [0.29, 0.717) is 12.1 Å². The van der Waals surface area contributed by atoms with Gasteiger partial charge in [-0.2, -0.15) is 0 Å². The summed E-state index contributed by atoms with van der Waals surface area (Å²) in [5, 5.41) is 3.81. The highest BCUT2D eigenvalue weighted by molar-refractivity contribution is 5.24. The fraction of sp³-hybridized carbons (Fsp3) is 0.333. The van der Waals surface area contributed by atoms with E-state index >= 15 is 0 Å². The van der Waals surface area contributed by atoms with Crippen LogP contribution in [0.1, 0.15) is 30.5 Å². The number of benzene rings is 2. The molecule has 0 amide bonds. The fourth-order valence-electron chi connectivity index (χ4n) is 2.62. The van der Waals surface area contributed by atoms with Crippen molar-refractivity contribution in [3.63, 3.8) is 0 Å². The molecular formula is C18H21N. The Kier molecular flexibility index (Phi) is 3.65. The first-order valence-corrected chi connectivity index (χ1v) is 7.18. The van der Waals surface area contributed by atoms with Crippen molar-refractivity contribution < 1.29 is 0 Å². The van der Waals surface area contributed by atoms with Crippen molar-refractivity contribution in [3.05, 3.63) is 71.8 Å². The molecule has 0 saturated heterocycles. The van der Waals surface area contributed by atoms with E-state index in [9.17, 15) is 0 Å². The molecule has 2 aromatic rings. The van der Waals surface area contributed by atoms with Crippen molar-refractivity contribution in [1.82, 2.24) is 5.32 Å². The predicted molar refractivity (Wildman–Crippen MR) is 80.0 cm³/mol. The van der Waals surface area contributed by atoms with Gasteiger partial charge in [-0.1, -0.05) is 67.6 Å². The molecule has 3 rings (SSSR count). The summed E-state index contributed by atoms with van der Waals surface area (Å²) in [5.41, 5.74) is 2.79. The lowest BCUT2D eigenvalue weighted by Crippen LogP contribution is -2.26.